The summed E-state index contributed by atoms with van der Waals surface area (Å²) in [7, 11) is 0. The van der Waals surface area contributed by atoms with Crippen LogP contribution in [-0.4, -0.2) is 9.55 Å². The second-order valence-corrected chi connectivity index (χ2v) is 4.78. The molecule has 0 fully saturated rings. The molecule has 0 saturated heterocycles. The van der Waals surface area contributed by atoms with Crippen LogP contribution in [0.25, 0.3) is 16.9 Å². The van der Waals surface area contributed by atoms with Crippen LogP contribution in [0, 0.1) is 18.6 Å². The zero-order valence-electron chi connectivity index (χ0n) is 11.2. The maximum Gasteiger partial charge on any atom is 0.330 e. The molecule has 0 bridgehead atoms. The molecular weight excluding hydrogens is 274 g/mol. The van der Waals surface area contributed by atoms with Crippen molar-refractivity contribution < 1.29 is 8.78 Å². The van der Waals surface area contributed by atoms with Gasteiger partial charge in [-0.3, -0.25) is 4.57 Å². The lowest BCUT2D eigenvalue weighted by atomic mass is 10.2. The molecule has 1 heterocycles. The zero-order valence-corrected chi connectivity index (χ0v) is 11.2. The zero-order chi connectivity index (χ0) is 15.0. The van der Waals surface area contributed by atoms with Gasteiger partial charge in [0, 0.05) is 6.20 Å². The maximum atomic E-state index is 13.6. The monoisotopic (exact) mass is 286 g/mol. The molecule has 0 aliphatic rings. The standard InChI is InChI=1S/C16H12F2N2O/c1-10-2-7-13(8-14(10)18)20-9-15(19-16(20)21)11-3-5-12(17)6-4-11/h2-9H,1H3,(H,19,21). The number of nitrogens with one attached hydrogen (secondary N) is 1. The number of nitrogens with zero attached hydrogens (tertiary/aromatic N) is 1. The highest BCUT2D eigenvalue weighted by molar-refractivity contribution is 5.58. The van der Waals surface area contributed by atoms with E-state index >= 15 is 0 Å². The fourth-order valence-corrected chi connectivity index (χ4v) is 2.09. The summed E-state index contributed by atoms with van der Waals surface area (Å²) in [6.45, 7) is 1.66. The fraction of sp³-hybridized carbons (Fsp3) is 0.0625. The Bertz CT molecular complexity index is 847. The lowest BCUT2D eigenvalue weighted by Crippen LogP contribution is -2.14. The third kappa shape index (κ3) is 2.50. The van der Waals surface area contributed by atoms with Gasteiger partial charge in [-0.05, 0) is 54.4 Å². The summed E-state index contributed by atoms with van der Waals surface area (Å²) in [5, 5.41) is 0. The molecule has 0 amide bonds. The molecular formula is C16H12F2N2O. The molecule has 0 spiro atoms. The minimum atomic E-state index is -0.377. The molecule has 0 aliphatic carbocycles. The van der Waals surface area contributed by atoms with Gasteiger partial charge in [0.2, 0.25) is 0 Å². The number of H-pyrrole nitrogens is 1. The van der Waals surface area contributed by atoms with E-state index < -0.39 is 0 Å². The fourth-order valence-electron chi connectivity index (χ4n) is 2.09. The Morgan fingerprint density at radius 2 is 1.76 bits per heavy atom. The van der Waals surface area contributed by atoms with Crippen LogP contribution in [0.5, 0.6) is 0 Å². The molecule has 3 nitrogen and oxygen atoms in total. The average Bonchev–Trinajstić information content (AvgIpc) is 2.85. The number of rotatable bonds is 2. The molecule has 0 atom stereocenters. The Kier molecular flexibility index (Phi) is 3.17. The molecule has 0 aliphatic heterocycles. The van der Waals surface area contributed by atoms with E-state index in [1.165, 1.54) is 22.8 Å². The van der Waals surface area contributed by atoms with E-state index in [1.807, 2.05) is 0 Å². The summed E-state index contributed by atoms with van der Waals surface area (Å²) in [4.78, 5) is 14.7. The van der Waals surface area contributed by atoms with Crippen LogP contribution in [0.2, 0.25) is 0 Å². The highest BCUT2D eigenvalue weighted by Crippen LogP contribution is 2.18. The van der Waals surface area contributed by atoms with Gasteiger partial charge in [-0.1, -0.05) is 6.07 Å². The Labute approximate surface area is 119 Å². The van der Waals surface area contributed by atoms with E-state index in [4.69, 9.17) is 0 Å². The predicted octanol–water partition coefficient (Wildman–Crippen LogP) is 3.42. The Balaban J connectivity index is 2.07. The van der Waals surface area contributed by atoms with Crippen molar-refractivity contribution in [3.05, 3.63) is 76.3 Å². The first kappa shape index (κ1) is 13.3. The minimum Gasteiger partial charge on any atom is -0.305 e. The third-order valence-corrected chi connectivity index (χ3v) is 3.31. The summed E-state index contributed by atoms with van der Waals surface area (Å²) >= 11 is 0. The topological polar surface area (TPSA) is 37.8 Å². The van der Waals surface area contributed by atoms with E-state index in [-0.39, 0.29) is 17.3 Å². The van der Waals surface area contributed by atoms with Crippen molar-refractivity contribution >= 4 is 0 Å². The molecule has 5 heteroatoms. The van der Waals surface area contributed by atoms with Gasteiger partial charge in [0.1, 0.15) is 11.6 Å². The SMILES string of the molecule is Cc1ccc(-n2cc(-c3ccc(F)cc3)[nH]c2=O)cc1F. The molecule has 2 aromatic carbocycles. The average molecular weight is 286 g/mol. The molecule has 1 N–H and O–H groups in total. The second kappa shape index (κ2) is 5.01. The van der Waals surface area contributed by atoms with Crippen molar-refractivity contribution in [2.75, 3.05) is 0 Å². The van der Waals surface area contributed by atoms with E-state index in [9.17, 15) is 13.6 Å². The van der Waals surface area contributed by atoms with Crippen LogP contribution in [0.1, 0.15) is 5.56 Å². The van der Waals surface area contributed by atoms with E-state index in [0.717, 1.165) is 0 Å². The van der Waals surface area contributed by atoms with Gasteiger partial charge < -0.3 is 4.98 Å². The quantitative estimate of drug-likeness (QED) is 0.770. The van der Waals surface area contributed by atoms with Crippen molar-refractivity contribution in [2.24, 2.45) is 0 Å². The number of aryl methyl sites for hydroxylation is 1. The van der Waals surface area contributed by atoms with Crippen LogP contribution in [0.3, 0.4) is 0 Å². The summed E-state index contributed by atoms with van der Waals surface area (Å²) < 4.78 is 27.8. The molecule has 1 aromatic heterocycles. The molecule has 21 heavy (non-hydrogen) atoms. The Hall–Kier alpha value is -2.69. The summed E-state index contributed by atoms with van der Waals surface area (Å²) in [6, 6.07) is 10.4. The van der Waals surface area contributed by atoms with E-state index in [0.29, 0.717) is 22.5 Å². The summed E-state index contributed by atoms with van der Waals surface area (Å²) in [5.41, 5.74) is 1.80. The first-order valence-corrected chi connectivity index (χ1v) is 6.39. The van der Waals surface area contributed by atoms with Gasteiger partial charge in [0.15, 0.2) is 0 Å². The van der Waals surface area contributed by atoms with E-state index in [1.54, 1.807) is 37.4 Å². The maximum absolute atomic E-state index is 13.6. The van der Waals surface area contributed by atoms with Crippen LogP contribution >= 0.6 is 0 Å². The molecule has 3 rings (SSSR count). The van der Waals surface area contributed by atoms with Crippen LogP contribution in [0.4, 0.5) is 8.78 Å². The lowest BCUT2D eigenvalue weighted by Gasteiger charge is -2.02. The van der Waals surface area contributed by atoms with E-state index in [2.05, 4.69) is 4.98 Å². The van der Waals surface area contributed by atoms with Gasteiger partial charge in [-0.15, -0.1) is 0 Å². The number of aromatic amines is 1. The third-order valence-electron chi connectivity index (χ3n) is 3.31. The summed E-state index contributed by atoms with van der Waals surface area (Å²) in [6.07, 6.45) is 1.57. The number of imidazole rings is 1. The van der Waals surface area contributed by atoms with Crippen LogP contribution in [0.15, 0.2) is 53.5 Å². The Morgan fingerprint density at radius 3 is 2.43 bits per heavy atom. The molecule has 106 valence electrons. The van der Waals surface area contributed by atoms with Crippen molar-refractivity contribution in [3.63, 3.8) is 0 Å². The molecule has 0 saturated carbocycles. The van der Waals surface area contributed by atoms with Gasteiger partial charge >= 0.3 is 5.69 Å². The highest BCUT2D eigenvalue weighted by Gasteiger charge is 2.08. The second-order valence-electron chi connectivity index (χ2n) is 4.78. The van der Waals surface area contributed by atoms with Crippen molar-refractivity contribution in [1.82, 2.24) is 9.55 Å². The largest absolute Gasteiger partial charge is 0.330 e. The number of aromatic nitrogens is 2. The molecule has 3 aromatic rings. The first-order chi connectivity index (χ1) is 10.0. The number of halogens is 2. The molecule has 0 radical (unpaired) electrons. The normalized spacial score (nSPS) is 10.8. The van der Waals surface area contributed by atoms with Gasteiger partial charge in [0.05, 0.1) is 11.4 Å². The van der Waals surface area contributed by atoms with Crippen molar-refractivity contribution in [2.45, 2.75) is 6.92 Å². The van der Waals surface area contributed by atoms with Crippen LogP contribution in [-0.2, 0) is 0 Å². The number of hydrogen-bond donors (Lipinski definition) is 1. The molecule has 0 unspecified atom stereocenters. The van der Waals surface area contributed by atoms with Crippen molar-refractivity contribution in [1.29, 1.82) is 0 Å². The summed E-state index contributed by atoms with van der Waals surface area (Å²) in [5.74, 6) is -0.718. The Morgan fingerprint density at radius 1 is 1.05 bits per heavy atom. The first-order valence-electron chi connectivity index (χ1n) is 6.39. The number of benzene rings is 2. The van der Waals surface area contributed by atoms with Gasteiger partial charge in [-0.25, -0.2) is 13.6 Å². The number of hydrogen-bond acceptors (Lipinski definition) is 1. The minimum absolute atomic E-state index is 0.346. The van der Waals surface area contributed by atoms with Gasteiger partial charge in [-0.2, -0.15) is 0 Å². The van der Waals surface area contributed by atoms with Crippen LogP contribution < -0.4 is 5.69 Å². The highest BCUT2D eigenvalue weighted by atomic mass is 19.1. The lowest BCUT2D eigenvalue weighted by molar-refractivity contribution is 0.617. The van der Waals surface area contributed by atoms with Gasteiger partial charge in [0.25, 0.3) is 0 Å². The van der Waals surface area contributed by atoms with Crippen molar-refractivity contribution in [3.8, 4) is 16.9 Å². The predicted molar refractivity (Wildman–Crippen MR) is 76.5 cm³/mol. The smallest absolute Gasteiger partial charge is 0.305 e.